The van der Waals surface area contributed by atoms with E-state index >= 15 is 0 Å². The molecule has 0 spiro atoms. The van der Waals surface area contributed by atoms with Crippen LogP contribution in [0.1, 0.15) is 18.4 Å². The van der Waals surface area contributed by atoms with E-state index in [9.17, 15) is 10.1 Å². The first kappa shape index (κ1) is 21.4. The minimum atomic E-state index is -0.894. The molecule has 1 aromatic heterocycles. The average Bonchev–Trinajstić information content (AvgIpc) is 2.72. The zero-order chi connectivity index (χ0) is 21.8. The number of ether oxygens (including phenoxy) is 4. The molecule has 1 aromatic carbocycles. The number of halogens is 1. The second-order valence-electron chi connectivity index (χ2n) is 6.45. The van der Waals surface area contributed by atoms with Crippen LogP contribution in [0.5, 0.6) is 5.75 Å². The molecule has 1 aliphatic rings. The van der Waals surface area contributed by atoms with Gasteiger partial charge in [-0.2, -0.15) is 5.26 Å². The van der Waals surface area contributed by atoms with Crippen LogP contribution in [0.3, 0.4) is 0 Å². The van der Waals surface area contributed by atoms with Crippen molar-refractivity contribution in [2.45, 2.75) is 12.8 Å². The van der Waals surface area contributed by atoms with Crippen LogP contribution in [0.2, 0.25) is 5.15 Å². The lowest BCUT2D eigenvalue weighted by Gasteiger charge is -2.27. The zero-order valence-corrected chi connectivity index (χ0v) is 17.4. The molecule has 0 aliphatic carbocycles. The number of benzene rings is 1. The van der Waals surface area contributed by atoms with E-state index in [2.05, 4.69) is 4.98 Å². The Morgan fingerprint density at radius 2 is 2.10 bits per heavy atom. The maximum Gasteiger partial charge on any atom is 0.338 e. The van der Waals surface area contributed by atoms with Gasteiger partial charge in [0.1, 0.15) is 34.9 Å². The molecule has 1 aliphatic heterocycles. The van der Waals surface area contributed by atoms with Gasteiger partial charge in [-0.1, -0.05) is 11.6 Å². The van der Waals surface area contributed by atoms with E-state index in [1.54, 1.807) is 38.3 Å². The monoisotopic (exact) mass is 429 g/mol. The molecular weight excluding hydrogens is 410 g/mol. The molecule has 0 bridgehead atoms. The number of aromatic nitrogens is 1. The molecule has 30 heavy (non-hydrogen) atoms. The van der Waals surface area contributed by atoms with Crippen molar-refractivity contribution >= 4 is 28.5 Å². The summed E-state index contributed by atoms with van der Waals surface area (Å²) in [6.07, 6.45) is 0. The molecule has 0 unspecified atom stereocenters. The van der Waals surface area contributed by atoms with Gasteiger partial charge in [-0.25, -0.2) is 9.78 Å². The molecule has 2 N–H and O–H groups in total. The lowest BCUT2D eigenvalue weighted by molar-refractivity contribution is -0.140. The van der Waals surface area contributed by atoms with Crippen LogP contribution < -0.4 is 10.5 Å². The number of rotatable bonds is 6. The van der Waals surface area contributed by atoms with Gasteiger partial charge in [-0.3, -0.25) is 0 Å². The van der Waals surface area contributed by atoms with Crippen LogP contribution in [0, 0.1) is 11.3 Å². The van der Waals surface area contributed by atoms with E-state index in [-0.39, 0.29) is 41.2 Å². The Labute approximate surface area is 178 Å². The third-order valence-electron chi connectivity index (χ3n) is 4.66. The highest BCUT2D eigenvalue weighted by atomic mass is 35.5. The van der Waals surface area contributed by atoms with Crippen molar-refractivity contribution in [2.24, 2.45) is 5.73 Å². The fraction of sp³-hybridized carbons (Fsp3) is 0.286. The third kappa shape index (κ3) is 4.03. The lowest BCUT2D eigenvalue weighted by atomic mass is 9.83. The fourth-order valence-electron chi connectivity index (χ4n) is 3.23. The van der Waals surface area contributed by atoms with Crippen LogP contribution >= 0.6 is 11.6 Å². The van der Waals surface area contributed by atoms with Crippen molar-refractivity contribution in [1.29, 1.82) is 5.26 Å². The van der Waals surface area contributed by atoms with Crippen LogP contribution in [0.15, 0.2) is 47.1 Å². The molecule has 0 saturated carbocycles. The fourth-order valence-corrected chi connectivity index (χ4v) is 3.48. The average molecular weight is 430 g/mol. The topological polar surface area (TPSA) is 117 Å². The molecule has 1 atom stereocenters. The summed E-state index contributed by atoms with van der Waals surface area (Å²) in [4.78, 5) is 17.3. The Bertz CT molecular complexity index is 1100. The maximum absolute atomic E-state index is 12.8. The van der Waals surface area contributed by atoms with Crippen molar-refractivity contribution in [1.82, 2.24) is 4.98 Å². The number of pyridine rings is 1. The van der Waals surface area contributed by atoms with Crippen molar-refractivity contribution in [2.75, 3.05) is 27.4 Å². The summed E-state index contributed by atoms with van der Waals surface area (Å²) in [5, 5.41) is 10.6. The zero-order valence-electron chi connectivity index (χ0n) is 16.7. The number of fused-ring (bicyclic) bond motifs is 1. The predicted octanol–water partition coefficient (Wildman–Crippen LogP) is 3.17. The van der Waals surface area contributed by atoms with E-state index in [0.717, 1.165) is 5.39 Å². The number of carbonyl (C=O) groups is 1. The van der Waals surface area contributed by atoms with Gasteiger partial charge in [0.15, 0.2) is 0 Å². The van der Waals surface area contributed by atoms with Crippen LogP contribution in [-0.4, -0.2) is 38.4 Å². The summed E-state index contributed by atoms with van der Waals surface area (Å²) in [7, 11) is 3.05. The largest absolute Gasteiger partial charge is 0.497 e. The molecule has 3 rings (SSSR count). The smallest absolute Gasteiger partial charge is 0.338 e. The number of hydrogen-bond donors (Lipinski definition) is 1. The molecular formula is C21H20ClN3O5. The van der Waals surface area contributed by atoms with Gasteiger partial charge in [-0.15, -0.1) is 0 Å². The van der Waals surface area contributed by atoms with E-state index in [1.165, 1.54) is 7.11 Å². The molecule has 0 fully saturated rings. The predicted molar refractivity (Wildman–Crippen MR) is 109 cm³/mol. The van der Waals surface area contributed by atoms with Gasteiger partial charge in [0.2, 0.25) is 5.88 Å². The maximum atomic E-state index is 12.8. The molecule has 8 nitrogen and oxygen atoms in total. The number of esters is 1. The van der Waals surface area contributed by atoms with E-state index in [0.29, 0.717) is 16.8 Å². The van der Waals surface area contributed by atoms with Crippen molar-refractivity contribution in [3.63, 3.8) is 0 Å². The second-order valence-corrected chi connectivity index (χ2v) is 6.81. The van der Waals surface area contributed by atoms with E-state index < -0.39 is 11.9 Å². The Morgan fingerprint density at radius 1 is 1.33 bits per heavy atom. The van der Waals surface area contributed by atoms with Gasteiger partial charge in [0.25, 0.3) is 0 Å². The highest BCUT2D eigenvalue weighted by Gasteiger charge is 2.38. The number of allylic oxidation sites excluding steroid dienone is 2. The van der Waals surface area contributed by atoms with Crippen LogP contribution in [0.25, 0.3) is 10.9 Å². The summed E-state index contributed by atoms with van der Waals surface area (Å²) < 4.78 is 20.9. The SMILES string of the molecule is COCCOC(=O)C1=C(C)OC(N)=C(C#N)[C@H]1c1cc2cc(OC)ccc2nc1Cl. The van der Waals surface area contributed by atoms with Gasteiger partial charge < -0.3 is 24.7 Å². The van der Waals surface area contributed by atoms with Gasteiger partial charge in [0, 0.05) is 18.1 Å². The summed E-state index contributed by atoms with van der Waals surface area (Å²) in [6, 6.07) is 9.10. The summed E-state index contributed by atoms with van der Waals surface area (Å²) in [5.41, 5.74) is 7.18. The normalized spacial score (nSPS) is 16.3. The molecule has 0 amide bonds. The second kappa shape index (κ2) is 9.03. The minimum absolute atomic E-state index is 0.0425. The first-order valence-electron chi connectivity index (χ1n) is 8.99. The molecule has 0 saturated heterocycles. The van der Waals surface area contributed by atoms with E-state index in [4.69, 9.17) is 36.3 Å². The number of nitrogens with two attached hydrogens (primary N) is 1. The molecule has 156 valence electrons. The summed E-state index contributed by atoms with van der Waals surface area (Å²) in [5.74, 6) is -0.798. The number of hydrogen-bond acceptors (Lipinski definition) is 8. The Morgan fingerprint density at radius 3 is 2.77 bits per heavy atom. The molecule has 0 radical (unpaired) electrons. The minimum Gasteiger partial charge on any atom is -0.497 e. The first-order chi connectivity index (χ1) is 14.4. The Hall–Kier alpha value is -3.28. The Balaban J connectivity index is 2.17. The Kier molecular flexibility index (Phi) is 6.45. The van der Waals surface area contributed by atoms with Crippen molar-refractivity contribution in [3.8, 4) is 11.8 Å². The first-order valence-corrected chi connectivity index (χ1v) is 9.37. The number of nitrogens with zero attached hydrogens (tertiary/aromatic N) is 2. The lowest BCUT2D eigenvalue weighted by Crippen LogP contribution is -2.26. The number of nitriles is 1. The van der Waals surface area contributed by atoms with E-state index in [1.807, 2.05) is 6.07 Å². The number of methoxy groups -OCH3 is 2. The van der Waals surface area contributed by atoms with Crippen molar-refractivity contribution in [3.05, 3.63) is 57.8 Å². The van der Waals surface area contributed by atoms with Crippen LogP contribution in [-0.2, 0) is 19.0 Å². The highest BCUT2D eigenvalue weighted by molar-refractivity contribution is 6.30. The molecule has 2 aromatic rings. The molecule has 9 heteroatoms. The van der Waals surface area contributed by atoms with Gasteiger partial charge in [0.05, 0.1) is 30.7 Å². The highest BCUT2D eigenvalue weighted by Crippen LogP contribution is 2.42. The molecule has 2 heterocycles. The summed E-state index contributed by atoms with van der Waals surface area (Å²) in [6.45, 7) is 1.85. The van der Waals surface area contributed by atoms with Crippen molar-refractivity contribution < 1.29 is 23.7 Å². The quantitative estimate of drug-likeness (QED) is 0.422. The summed E-state index contributed by atoms with van der Waals surface area (Å²) >= 11 is 6.47. The van der Waals surface area contributed by atoms with Gasteiger partial charge in [-0.05, 0) is 31.2 Å². The standard InChI is InChI=1S/C21H20ClN3O5/c1-11-17(21(26)29-7-6-27-2)18(15(10-23)20(24)30-11)14-9-12-8-13(28-3)4-5-16(12)25-19(14)22/h4-5,8-9,18H,6-7,24H2,1-3H3/t18-/m1/s1. The number of carbonyl (C=O) groups excluding carboxylic acids is 1. The van der Waals surface area contributed by atoms with Gasteiger partial charge >= 0.3 is 5.97 Å². The van der Waals surface area contributed by atoms with Crippen LogP contribution in [0.4, 0.5) is 0 Å². The third-order valence-corrected chi connectivity index (χ3v) is 4.96.